The smallest absolute Gasteiger partial charge is 0.306 e. The first-order valence-electron chi connectivity index (χ1n) is 15.3. The predicted octanol–water partition coefficient (Wildman–Crippen LogP) is 9.81. The number of carbonyl (C=O) groups is 2. The molecule has 0 saturated carbocycles. The van der Waals surface area contributed by atoms with Gasteiger partial charge in [-0.25, -0.2) is 0 Å². The van der Waals surface area contributed by atoms with Crippen LogP contribution in [0.2, 0.25) is 0 Å². The summed E-state index contributed by atoms with van der Waals surface area (Å²) in [5.74, 6) is -0.582. The second-order valence-electron chi connectivity index (χ2n) is 9.99. The molecule has 0 N–H and O–H groups in total. The molecule has 0 atom stereocenters. The lowest BCUT2D eigenvalue weighted by Crippen LogP contribution is -2.11. The molecule has 0 heterocycles. The molecule has 0 amide bonds. The van der Waals surface area contributed by atoms with Crippen LogP contribution in [0.4, 0.5) is 0 Å². The maximum absolute atomic E-state index is 11.8. The number of ether oxygens (including phenoxy) is 2. The van der Waals surface area contributed by atoms with Gasteiger partial charge in [0, 0.05) is 0 Å². The molecule has 0 fully saturated rings. The second kappa shape index (κ2) is 29.6. The van der Waals surface area contributed by atoms with Gasteiger partial charge in [0.15, 0.2) is 0 Å². The monoisotopic (exact) mass is 506 g/mol. The summed E-state index contributed by atoms with van der Waals surface area (Å²) in [5.41, 5.74) is 0. The lowest BCUT2D eigenvalue weighted by atomic mass is 10.1. The van der Waals surface area contributed by atoms with E-state index in [1.54, 1.807) is 0 Å². The summed E-state index contributed by atoms with van der Waals surface area (Å²) in [7, 11) is 0. The van der Waals surface area contributed by atoms with E-state index in [0.717, 1.165) is 32.1 Å². The average molecular weight is 507 g/mol. The van der Waals surface area contributed by atoms with Gasteiger partial charge in [0.1, 0.15) is 0 Å². The highest BCUT2D eigenvalue weighted by molar-refractivity contribution is 5.77. The normalized spacial score (nSPS) is 11.5. The molecule has 0 saturated heterocycles. The van der Waals surface area contributed by atoms with Crippen LogP contribution in [0.1, 0.15) is 155 Å². The van der Waals surface area contributed by atoms with Crippen LogP contribution < -0.4 is 0 Å². The van der Waals surface area contributed by atoms with Gasteiger partial charge in [-0.3, -0.25) is 9.59 Å². The number of esters is 2. The van der Waals surface area contributed by atoms with E-state index in [-0.39, 0.29) is 24.8 Å². The molecule has 0 aromatic rings. The number of rotatable bonds is 27. The molecule has 0 unspecified atom stereocenters. The van der Waals surface area contributed by atoms with Crippen LogP contribution in [-0.2, 0) is 19.1 Å². The Balaban J connectivity index is 3.34. The Morgan fingerprint density at radius 1 is 0.444 bits per heavy atom. The molecule has 210 valence electrons. The summed E-state index contributed by atoms with van der Waals surface area (Å²) in [6.07, 6.45) is 33.5. The summed E-state index contributed by atoms with van der Waals surface area (Å²) >= 11 is 0. The average Bonchev–Trinajstić information content (AvgIpc) is 2.88. The highest BCUT2D eigenvalue weighted by atomic mass is 16.5. The largest absolute Gasteiger partial charge is 0.466 e. The first-order chi connectivity index (χ1) is 17.7. The molecule has 0 aliphatic heterocycles. The summed E-state index contributed by atoms with van der Waals surface area (Å²) in [4.78, 5) is 23.6. The van der Waals surface area contributed by atoms with Crippen molar-refractivity contribution in [2.75, 3.05) is 13.2 Å². The van der Waals surface area contributed by atoms with Gasteiger partial charge in [-0.1, -0.05) is 115 Å². The van der Waals surface area contributed by atoms with Crippen LogP contribution in [0.25, 0.3) is 0 Å². The molecule has 36 heavy (non-hydrogen) atoms. The van der Waals surface area contributed by atoms with Crippen molar-refractivity contribution in [2.24, 2.45) is 0 Å². The molecule has 0 bridgehead atoms. The topological polar surface area (TPSA) is 52.6 Å². The van der Waals surface area contributed by atoms with Crippen molar-refractivity contribution in [3.63, 3.8) is 0 Å². The molecule has 0 aromatic heterocycles. The molecule has 0 aliphatic rings. The fraction of sp³-hybridized carbons (Fsp3) is 0.812. The van der Waals surface area contributed by atoms with Crippen LogP contribution in [-0.4, -0.2) is 25.2 Å². The SMILES string of the molecule is CCCCC=CCCCCCCOC(=O)CCC(=O)OCCCCCCCCCC/C=C\CCCC. The maximum atomic E-state index is 11.8. The summed E-state index contributed by atoms with van der Waals surface area (Å²) in [6, 6.07) is 0. The minimum atomic E-state index is -0.293. The Labute approximate surface area is 223 Å². The molecule has 4 nitrogen and oxygen atoms in total. The fourth-order valence-corrected chi connectivity index (χ4v) is 3.98. The highest BCUT2D eigenvalue weighted by Crippen LogP contribution is 2.11. The highest BCUT2D eigenvalue weighted by Gasteiger charge is 2.09. The second-order valence-corrected chi connectivity index (χ2v) is 9.99. The molecular formula is C32H58O4. The summed E-state index contributed by atoms with van der Waals surface area (Å²) in [5, 5.41) is 0. The third-order valence-corrected chi connectivity index (χ3v) is 6.37. The van der Waals surface area contributed by atoms with Crippen molar-refractivity contribution < 1.29 is 19.1 Å². The van der Waals surface area contributed by atoms with Crippen LogP contribution in [0.15, 0.2) is 24.3 Å². The van der Waals surface area contributed by atoms with E-state index < -0.39 is 0 Å². The zero-order chi connectivity index (χ0) is 26.4. The van der Waals surface area contributed by atoms with Crippen molar-refractivity contribution in [3.8, 4) is 0 Å². The van der Waals surface area contributed by atoms with Crippen LogP contribution in [0, 0.1) is 0 Å². The van der Waals surface area contributed by atoms with E-state index in [9.17, 15) is 9.59 Å². The Morgan fingerprint density at radius 2 is 0.750 bits per heavy atom. The van der Waals surface area contributed by atoms with Crippen molar-refractivity contribution in [3.05, 3.63) is 24.3 Å². The third kappa shape index (κ3) is 28.7. The molecule has 0 aromatic carbocycles. The number of allylic oxidation sites excluding steroid dienone is 4. The fourth-order valence-electron chi connectivity index (χ4n) is 3.98. The summed E-state index contributed by atoms with van der Waals surface area (Å²) in [6.45, 7) is 5.37. The number of carbonyl (C=O) groups excluding carboxylic acids is 2. The molecule has 0 spiro atoms. The Bertz CT molecular complexity index is 538. The van der Waals surface area contributed by atoms with Gasteiger partial charge >= 0.3 is 11.9 Å². The Kier molecular flexibility index (Phi) is 28.3. The number of hydrogen-bond donors (Lipinski definition) is 0. The van der Waals surface area contributed by atoms with Gasteiger partial charge in [-0.2, -0.15) is 0 Å². The van der Waals surface area contributed by atoms with Gasteiger partial charge < -0.3 is 9.47 Å². The molecule has 0 radical (unpaired) electrons. The minimum Gasteiger partial charge on any atom is -0.466 e. The Hall–Kier alpha value is -1.58. The van der Waals surface area contributed by atoms with Gasteiger partial charge in [0.2, 0.25) is 0 Å². The van der Waals surface area contributed by atoms with Crippen LogP contribution in [0.5, 0.6) is 0 Å². The van der Waals surface area contributed by atoms with E-state index in [0.29, 0.717) is 13.2 Å². The van der Waals surface area contributed by atoms with Gasteiger partial charge in [-0.15, -0.1) is 0 Å². The van der Waals surface area contributed by atoms with E-state index in [1.807, 2.05) is 0 Å². The number of unbranched alkanes of at least 4 members (excludes halogenated alkanes) is 16. The predicted molar refractivity (Wildman–Crippen MR) is 153 cm³/mol. The quantitative estimate of drug-likeness (QED) is 0.0632. The maximum Gasteiger partial charge on any atom is 0.306 e. The lowest BCUT2D eigenvalue weighted by molar-refractivity contribution is -0.150. The number of hydrogen-bond acceptors (Lipinski definition) is 4. The standard InChI is InChI=1S/C32H58O4/c1-3-5-7-9-11-13-15-16-17-18-20-22-24-26-30-36-32(34)28-27-31(33)35-29-25-23-21-19-14-12-10-8-6-4-2/h9-12H,3-8,13-30H2,1-2H3/b11-9-,12-10?. The third-order valence-electron chi connectivity index (χ3n) is 6.37. The van der Waals surface area contributed by atoms with E-state index in [4.69, 9.17) is 9.47 Å². The summed E-state index contributed by atoms with van der Waals surface area (Å²) < 4.78 is 10.5. The zero-order valence-corrected chi connectivity index (χ0v) is 23.9. The molecular weight excluding hydrogens is 448 g/mol. The van der Waals surface area contributed by atoms with Crippen LogP contribution in [0.3, 0.4) is 0 Å². The van der Waals surface area contributed by atoms with Crippen molar-refractivity contribution in [2.45, 2.75) is 155 Å². The van der Waals surface area contributed by atoms with E-state index >= 15 is 0 Å². The van der Waals surface area contributed by atoms with Gasteiger partial charge in [0.05, 0.1) is 26.1 Å². The van der Waals surface area contributed by atoms with E-state index in [1.165, 1.54) is 96.3 Å². The molecule has 0 aliphatic carbocycles. The van der Waals surface area contributed by atoms with Gasteiger partial charge in [-0.05, 0) is 51.4 Å². The van der Waals surface area contributed by atoms with Crippen molar-refractivity contribution in [1.29, 1.82) is 0 Å². The molecule has 0 rings (SSSR count). The minimum absolute atomic E-state index is 0.121. The zero-order valence-electron chi connectivity index (χ0n) is 23.9. The first kappa shape index (κ1) is 34.4. The first-order valence-corrected chi connectivity index (χ1v) is 15.3. The lowest BCUT2D eigenvalue weighted by Gasteiger charge is -2.06. The Morgan fingerprint density at radius 3 is 1.11 bits per heavy atom. The van der Waals surface area contributed by atoms with E-state index in [2.05, 4.69) is 38.2 Å². The van der Waals surface area contributed by atoms with Gasteiger partial charge in [0.25, 0.3) is 0 Å². The van der Waals surface area contributed by atoms with Crippen LogP contribution >= 0.6 is 0 Å². The van der Waals surface area contributed by atoms with Crippen molar-refractivity contribution >= 4 is 11.9 Å². The molecule has 4 heteroatoms. The van der Waals surface area contributed by atoms with Crippen molar-refractivity contribution in [1.82, 2.24) is 0 Å².